The molecule has 0 aliphatic carbocycles. The molecule has 0 atom stereocenters. The van der Waals surface area contributed by atoms with E-state index in [0.29, 0.717) is 23.7 Å². The van der Waals surface area contributed by atoms with E-state index < -0.39 is 0 Å². The lowest BCUT2D eigenvalue weighted by molar-refractivity contribution is 0.0954. The first-order valence-electron chi connectivity index (χ1n) is 8.87. The van der Waals surface area contributed by atoms with Crippen molar-refractivity contribution >= 4 is 22.9 Å². The molecule has 0 fully saturated rings. The Morgan fingerprint density at radius 2 is 1.68 bits per heavy atom. The van der Waals surface area contributed by atoms with Crippen molar-refractivity contribution in [3.8, 4) is 17.2 Å². The number of fused-ring (bicyclic) bond motifs is 1. The molecule has 6 heteroatoms. The van der Waals surface area contributed by atoms with Crippen molar-refractivity contribution in [2.24, 2.45) is 5.10 Å². The molecule has 1 N–H and O–H groups in total. The summed E-state index contributed by atoms with van der Waals surface area (Å²) in [5.74, 6) is 1.53. The molecule has 0 spiro atoms. The van der Waals surface area contributed by atoms with Crippen LogP contribution < -0.4 is 19.6 Å². The van der Waals surface area contributed by atoms with E-state index in [-0.39, 0.29) is 5.91 Å². The van der Waals surface area contributed by atoms with Gasteiger partial charge < -0.3 is 14.2 Å². The highest BCUT2D eigenvalue weighted by molar-refractivity contribution is 6.03. The zero-order valence-corrected chi connectivity index (χ0v) is 16.1. The monoisotopic (exact) mass is 378 g/mol. The van der Waals surface area contributed by atoms with Crippen LogP contribution in [0.3, 0.4) is 0 Å². The van der Waals surface area contributed by atoms with Gasteiger partial charge in [0, 0.05) is 22.6 Å². The van der Waals surface area contributed by atoms with Crippen LogP contribution in [0, 0.1) is 0 Å². The number of rotatable bonds is 7. The van der Waals surface area contributed by atoms with Crippen molar-refractivity contribution < 1.29 is 19.0 Å². The van der Waals surface area contributed by atoms with Gasteiger partial charge in [-0.05, 0) is 36.6 Å². The van der Waals surface area contributed by atoms with Crippen LogP contribution in [0.4, 0.5) is 0 Å². The lowest BCUT2D eigenvalue weighted by Gasteiger charge is -2.09. The molecule has 0 saturated heterocycles. The largest absolute Gasteiger partial charge is 0.497 e. The molecule has 3 rings (SSSR count). The molecule has 0 aromatic heterocycles. The molecule has 28 heavy (non-hydrogen) atoms. The Labute approximate surface area is 163 Å². The molecule has 144 valence electrons. The van der Waals surface area contributed by atoms with Gasteiger partial charge in [0.15, 0.2) is 0 Å². The number of nitrogens with one attached hydrogen (secondary N) is 1. The molecule has 0 aliphatic rings. The van der Waals surface area contributed by atoms with E-state index in [9.17, 15) is 4.79 Å². The molecule has 0 aliphatic heterocycles. The number of benzene rings is 3. The Morgan fingerprint density at radius 3 is 2.32 bits per heavy atom. The number of ether oxygens (including phenoxy) is 3. The highest BCUT2D eigenvalue weighted by Crippen LogP contribution is 2.28. The Morgan fingerprint density at radius 1 is 1.00 bits per heavy atom. The molecule has 0 bridgehead atoms. The van der Waals surface area contributed by atoms with Crippen molar-refractivity contribution in [3.63, 3.8) is 0 Å². The van der Waals surface area contributed by atoms with Gasteiger partial charge in [0.05, 0.1) is 27.0 Å². The molecule has 0 heterocycles. The van der Waals surface area contributed by atoms with Crippen LogP contribution in [0.5, 0.6) is 17.2 Å². The fourth-order valence-corrected chi connectivity index (χ4v) is 2.85. The molecule has 3 aromatic rings. The minimum atomic E-state index is -0.358. The molecule has 3 aromatic carbocycles. The molecule has 0 unspecified atom stereocenters. The van der Waals surface area contributed by atoms with Gasteiger partial charge in [-0.3, -0.25) is 4.79 Å². The van der Waals surface area contributed by atoms with Gasteiger partial charge in [-0.1, -0.05) is 24.3 Å². The second kappa shape index (κ2) is 8.90. The summed E-state index contributed by atoms with van der Waals surface area (Å²) in [6.45, 7) is 2.55. The first-order chi connectivity index (χ1) is 13.7. The molecular formula is C22H22N2O4. The summed E-state index contributed by atoms with van der Waals surface area (Å²) in [6.07, 6.45) is 1.62. The van der Waals surface area contributed by atoms with Gasteiger partial charge in [0.1, 0.15) is 17.2 Å². The number of nitrogens with zero attached hydrogens (tertiary/aromatic N) is 1. The van der Waals surface area contributed by atoms with Crippen LogP contribution in [-0.2, 0) is 0 Å². The first kappa shape index (κ1) is 19.2. The molecule has 0 radical (unpaired) electrons. The number of hydrazone groups is 1. The third-order valence-corrected chi connectivity index (χ3v) is 4.20. The zero-order chi connectivity index (χ0) is 19.9. The molecular weight excluding hydrogens is 356 g/mol. The fourth-order valence-electron chi connectivity index (χ4n) is 2.85. The third kappa shape index (κ3) is 4.23. The Balaban J connectivity index is 1.82. The van der Waals surface area contributed by atoms with Crippen molar-refractivity contribution in [1.82, 2.24) is 5.43 Å². The van der Waals surface area contributed by atoms with Crippen molar-refractivity contribution in [1.29, 1.82) is 0 Å². The van der Waals surface area contributed by atoms with Crippen LogP contribution in [-0.4, -0.2) is 32.9 Å². The summed E-state index contributed by atoms with van der Waals surface area (Å²) in [7, 11) is 3.07. The SMILES string of the molecule is CCOc1ccc(C=NNC(=O)c2cc(OC)cc(OC)c2)c2ccccc12. The number of carbonyl (C=O) groups is 1. The van der Waals surface area contributed by atoms with E-state index in [4.69, 9.17) is 14.2 Å². The molecule has 0 saturated carbocycles. The van der Waals surface area contributed by atoms with E-state index in [1.165, 1.54) is 14.2 Å². The van der Waals surface area contributed by atoms with E-state index in [2.05, 4.69) is 10.5 Å². The Bertz CT molecular complexity index is 992. The summed E-state index contributed by atoms with van der Waals surface area (Å²) in [5.41, 5.74) is 3.81. The predicted molar refractivity (Wildman–Crippen MR) is 110 cm³/mol. The summed E-state index contributed by atoms with van der Waals surface area (Å²) in [6, 6.07) is 16.7. The highest BCUT2D eigenvalue weighted by Gasteiger charge is 2.09. The van der Waals surface area contributed by atoms with Crippen LogP contribution in [0.1, 0.15) is 22.8 Å². The van der Waals surface area contributed by atoms with Crippen molar-refractivity contribution in [2.75, 3.05) is 20.8 Å². The number of methoxy groups -OCH3 is 2. The zero-order valence-electron chi connectivity index (χ0n) is 16.1. The molecule has 6 nitrogen and oxygen atoms in total. The second-order valence-corrected chi connectivity index (χ2v) is 5.93. The standard InChI is InChI=1S/C22H22N2O4/c1-4-28-21-10-9-15(19-7-5-6-8-20(19)21)14-23-24-22(25)16-11-17(26-2)13-18(12-16)27-3/h5-14H,4H2,1-3H3,(H,24,25). The van der Waals surface area contributed by atoms with Crippen LogP contribution in [0.25, 0.3) is 10.8 Å². The maximum absolute atomic E-state index is 12.4. The fraction of sp³-hybridized carbons (Fsp3) is 0.182. The van der Waals surface area contributed by atoms with Crippen LogP contribution >= 0.6 is 0 Å². The minimum Gasteiger partial charge on any atom is -0.497 e. The maximum Gasteiger partial charge on any atom is 0.271 e. The van der Waals surface area contributed by atoms with Gasteiger partial charge in [-0.25, -0.2) is 5.43 Å². The predicted octanol–water partition coefficient (Wildman–Crippen LogP) is 4.02. The molecule has 1 amide bonds. The van der Waals surface area contributed by atoms with E-state index in [0.717, 1.165) is 22.1 Å². The normalized spacial score (nSPS) is 10.8. The average molecular weight is 378 g/mol. The van der Waals surface area contributed by atoms with Gasteiger partial charge in [-0.15, -0.1) is 0 Å². The van der Waals surface area contributed by atoms with Gasteiger partial charge in [0.2, 0.25) is 0 Å². The van der Waals surface area contributed by atoms with Crippen molar-refractivity contribution in [2.45, 2.75) is 6.92 Å². The van der Waals surface area contributed by atoms with Gasteiger partial charge >= 0.3 is 0 Å². The number of amides is 1. The topological polar surface area (TPSA) is 69.2 Å². The Hall–Kier alpha value is -3.54. The van der Waals surface area contributed by atoms with E-state index in [1.807, 2.05) is 43.3 Å². The average Bonchev–Trinajstić information content (AvgIpc) is 2.74. The van der Waals surface area contributed by atoms with Crippen molar-refractivity contribution in [3.05, 3.63) is 65.7 Å². The van der Waals surface area contributed by atoms with E-state index >= 15 is 0 Å². The lowest BCUT2D eigenvalue weighted by Crippen LogP contribution is -2.17. The number of carbonyl (C=O) groups excluding carboxylic acids is 1. The second-order valence-electron chi connectivity index (χ2n) is 5.93. The quantitative estimate of drug-likeness (QED) is 0.498. The maximum atomic E-state index is 12.4. The number of hydrogen-bond acceptors (Lipinski definition) is 5. The smallest absolute Gasteiger partial charge is 0.271 e. The summed E-state index contributed by atoms with van der Waals surface area (Å²) in [5, 5.41) is 6.10. The highest BCUT2D eigenvalue weighted by atomic mass is 16.5. The third-order valence-electron chi connectivity index (χ3n) is 4.20. The number of hydrogen-bond donors (Lipinski definition) is 1. The minimum absolute atomic E-state index is 0.358. The van der Waals surface area contributed by atoms with E-state index in [1.54, 1.807) is 24.4 Å². The first-order valence-corrected chi connectivity index (χ1v) is 8.87. The van der Waals surface area contributed by atoms with Gasteiger partial charge in [0.25, 0.3) is 5.91 Å². The lowest BCUT2D eigenvalue weighted by atomic mass is 10.0. The summed E-state index contributed by atoms with van der Waals surface area (Å²) < 4.78 is 16.1. The van der Waals surface area contributed by atoms with Gasteiger partial charge in [-0.2, -0.15) is 5.10 Å². The van der Waals surface area contributed by atoms with Crippen LogP contribution in [0.2, 0.25) is 0 Å². The summed E-state index contributed by atoms with van der Waals surface area (Å²) in [4.78, 5) is 12.4. The van der Waals surface area contributed by atoms with Crippen LogP contribution in [0.15, 0.2) is 59.7 Å². The summed E-state index contributed by atoms with van der Waals surface area (Å²) >= 11 is 0. The Kier molecular flexibility index (Phi) is 6.11.